The summed E-state index contributed by atoms with van der Waals surface area (Å²) in [7, 11) is 3.83. The van der Waals surface area contributed by atoms with Crippen LogP contribution in [0.2, 0.25) is 5.02 Å². The second-order valence-corrected chi connectivity index (χ2v) is 10.1. The van der Waals surface area contributed by atoms with Crippen LogP contribution in [0.3, 0.4) is 0 Å². The van der Waals surface area contributed by atoms with Gasteiger partial charge in [0.1, 0.15) is 11.4 Å². The number of hydrogen-bond donors (Lipinski definition) is 2. The highest BCUT2D eigenvalue weighted by molar-refractivity contribution is 6.34. The van der Waals surface area contributed by atoms with E-state index >= 15 is 0 Å². The molecule has 5 aromatic rings. The quantitative estimate of drug-likeness (QED) is 0.0869. The van der Waals surface area contributed by atoms with Gasteiger partial charge in [0.15, 0.2) is 0 Å². The van der Waals surface area contributed by atoms with Crippen molar-refractivity contribution in [3.8, 4) is 16.9 Å². The molecule has 1 aromatic heterocycles. The van der Waals surface area contributed by atoms with Crippen molar-refractivity contribution < 1.29 is 27.5 Å². The van der Waals surface area contributed by atoms with Crippen molar-refractivity contribution in [2.24, 2.45) is 5.10 Å². The highest BCUT2D eigenvalue weighted by Gasteiger charge is 2.31. The number of hydrogen-bond acceptors (Lipinski definition) is 5. The van der Waals surface area contributed by atoms with Gasteiger partial charge in [-0.1, -0.05) is 48.0 Å². The molecule has 2 N–H and O–H groups in total. The second kappa shape index (κ2) is 12.0. The van der Waals surface area contributed by atoms with Crippen molar-refractivity contribution in [2.75, 3.05) is 19.0 Å². The Morgan fingerprint density at radius 1 is 0.953 bits per heavy atom. The summed E-state index contributed by atoms with van der Waals surface area (Å²) >= 11 is 6.53. The summed E-state index contributed by atoms with van der Waals surface area (Å²) in [6.45, 7) is 0. The summed E-state index contributed by atoms with van der Waals surface area (Å²) in [6, 6.07) is 23.2. The number of nitrogens with zero attached hydrogens (tertiary/aromatic N) is 2. The summed E-state index contributed by atoms with van der Waals surface area (Å²) in [5, 5.41) is 5.31. The molecule has 0 saturated heterocycles. The van der Waals surface area contributed by atoms with E-state index in [1.807, 2.05) is 49.3 Å². The topological polar surface area (TPSA) is 86.8 Å². The smallest absolute Gasteiger partial charge is 0.416 e. The molecule has 1 heterocycles. The van der Waals surface area contributed by atoms with Crippen molar-refractivity contribution in [2.45, 2.75) is 6.18 Å². The first-order chi connectivity index (χ1) is 20.5. The van der Waals surface area contributed by atoms with Gasteiger partial charge in [0.2, 0.25) is 0 Å². The number of nitrogens with one attached hydrogen (secondary N) is 2. The van der Waals surface area contributed by atoms with Crippen molar-refractivity contribution >= 4 is 46.3 Å². The molecule has 7 nitrogen and oxygen atoms in total. The molecule has 43 heavy (non-hydrogen) atoms. The molecule has 0 unspecified atom stereocenters. The Balaban J connectivity index is 1.41. The third-order valence-electron chi connectivity index (χ3n) is 6.59. The number of amides is 1. The summed E-state index contributed by atoms with van der Waals surface area (Å²) < 4.78 is 44.6. The maximum atomic E-state index is 13.4. The van der Waals surface area contributed by atoms with Crippen LogP contribution in [0.15, 0.2) is 96.1 Å². The van der Waals surface area contributed by atoms with Crippen LogP contribution in [-0.4, -0.2) is 37.2 Å². The van der Waals surface area contributed by atoms with E-state index in [0.717, 1.165) is 34.8 Å². The van der Waals surface area contributed by atoms with Crippen molar-refractivity contribution in [1.82, 2.24) is 10.4 Å². The number of fused-ring (bicyclic) bond motifs is 1. The molecule has 0 saturated carbocycles. The molecule has 0 aliphatic heterocycles. The Morgan fingerprint density at radius 2 is 1.70 bits per heavy atom. The third kappa shape index (κ3) is 6.39. The molecule has 218 valence electrons. The Kier molecular flexibility index (Phi) is 8.22. The second-order valence-electron chi connectivity index (χ2n) is 9.68. The van der Waals surface area contributed by atoms with Gasteiger partial charge < -0.3 is 14.6 Å². The Hall–Kier alpha value is -5.09. The molecule has 0 bridgehead atoms. The van der Waals surface area contributed by atoms with Crippen LogP contribution < -0.4 is 15.1 Å². The lowest BCUT2D eigenvalue weighted by Gasteiger charge is -2.13. The van der Waals surface area contributed by atoms with E-state index in [2.05, 4.69) is 15.5 Å². The fraction of sp³-hybridized carbons (Fsp3) is 0.0938. The lowest BCUT2D eigenvalue weighted by molar-refractivity contribution is -0.137. The van der Waals surface area contributed by atoms with E-state index in [1.165, 1.54) is 18.3 Å². The van der Waals surface area contributed by atoms with Gasteiger partial charge >= 0.3 is 12.1 Å². The summed E-state index contributed by atoms with van der Waals surface area (Å²) in [6.07, 6.45) is -3.33. The molecule has 0 spiro atoms. The van der Waals surface area contributed by atoms with Crippen LogP contribution in [0.1, 0.15) is 32.0 Å². The van der Waals surface area contributed by atoms with Crippen molar-refractivity contribution in [1.29, 1.82) is 0 Å². The van der Waals surface area contributed by atoms with E-state index in [4.69, 9.17) is 16.3 Å². The number of esters is 1. The number of rotatable bonds is 7. The number of hydrazone groups is 1. The highest BCUT2D eigenvalue weighted by atomic mass is 35.5. The number of H-pyrrole nitrogens is 1. The van der Waals surface area contributed by atoms with Gasteiger partial charge in [0, 0.05) is 52.4 Å². The largest absolute Gasteiger partial charge is 0.422 e. The average molecular weight is 605 g/mol. The number of alkyl halides is 3. The van der Waals surface area contributed by atoms with E-state index in [-0.39, 0.29) is 17.0 Å². The minimum absolute atomic E-state index is 0.0431. The molecule has 0 radical (unpaired) electrons. The lowest BCUT2D eigenvalue weighted by Crippen LogP contribution is -2.19. The maximum Gasteiger partial charge on any atom is 0.416 e. The number of aromatic nitrogens is 1. The molecule has 4 aromatic carbocycles. The SMILES string of the molecule is CN(C)c1ccc2[nH]c(C(=O)NN=Cc3ccccc3OC(=O)c3cccc(C(F)(F)F)c3)c(-c3ccccc3Cl)c2c1. The van der Waals surface area contributed by atoms with E-state index < -0.39 is 23.6 Å². The number of ether oxygens (including phenoxy) is 1. The number of benzene rings is 4. The zero-order valence-corrected chi connectivity index (χ0v) is 23.6. The standard InChI is InChI=1S/C32H24ClF3N4O3/c1-40(2)22-14-15-26-24(17-22)28(23-11-4-5-12-25(23)33)29(38-26)30(41)39-37-18-20-8-3-6-13-27(20)43-31(42)19-9-7-10-21(16-19)32(34,35)36/h3-18,38H,1-2H3,(H,39,41). The Morgan fingerprint density at radius 3 is 2.44 bits per heavy atom. The first-order valence-corrected chi connectivity index (χ1v) is 13.3. The van der Waals surface area contributed by atoms with Crippen molar-refractivity contribution in [3.05, 3.63) is 118 Å². The zero-order chi connectivity index (χ0) is 30.7. The van der Waals surface area contributed by atoms with Gasteiger partial charge in [-0.25, -0.2) is 10.2 Å². The van der Waals surface area contributed by atoms with Crippen LogP contribution in [0.25, 0.3) is 22.0 Å². The molecule has 0 atom stereocenters. The molecule has 0 fully saturated rings. The van der Waals surface area contributed by atoms with E-state index in [9.17, 15) is 22.8 Å². The fourth-order valence-electron chi connectivity index (χ4n) is 4.45. The molecule has 11 heteroatoms. The monoisotopic (exact) mass is 604 g/mol. The van der Waals surface area contributed by atoms with Crippen LogP contribution in [0, 0.1) is 0 Å². The van der Waals surface area contributed by atoms with Gasteiger partial charge in [-0.15, -0.1) is 0 Å². The average Bonchev–Trinajstić information content (AvgIpc) is 3.36. The van der Waals surface area contributed by atoms with E-state index in [1.54, 1.807) is 30.3 Å². The van der Waals surface area contributed by atoms with Crippen LogP contribution in [0.4, 0.5) is 18.9 Å². The number of para-hydroxylation sites is 1. The van der Waals surface area contributed by atoms with Crippen LogP contribution in [0.5, 0.6) is 5.75 Å². The van der Waals surface area contributed by atoms with E-state index in [0.29, 0.717) is 21.7 Å². The predicted octanol–water partition coefficient (Wildman–Crippen LogP) is 7.56. The zero-order valence-electron chi connectivity index (χ0n) is 22.9. The number of aromatic amines is 1. The number of carbonyl (C=O) groups excluding carboxylic acids is 2. The highest BCUT2D eigenvalue weighted by Crippen LogP contribution is 2.38. The molecule has 1 amide bonds. The summed E-state index contributed by atoms with van der Waals surface area (Å²) in [4.78, 5) is 31.2. The predicted molar refractivity (Wildman–Crippen MR) is 161 cm³/mol. The van der Waals surface area contributed by atoms with Gasteiger partial charge in [-0.3, -0.25) is 4.79 Å². The summed E-state index contributed by atoms with van der Waals surface area (Å²) in [5.74, 6) is -1.48. The normalized spacial score (nSPS) is 11.6. The van der Waals surface area contributed by atoms with Gasteiger partial charge in [-0.05, 0) is 54.6 Å². The van der Waals surface area contributed by atoms with Gasteiger partial charge in [0.05, 0.1) is 17.3 Å². The van der Waals surface area contributed by atoms with Crippen LogP contribution in [-0.2, 0) is 6.18 Å². The van der Waals surface area contributed by atoms with Gasteiger partial charge in [0.25, 0.3) is 5.91 Å². The Labute approximate surface area is 249 Å². The number of anilines is 1. The van der Waals surface area contributed by atoms with Gasteiger partial charge in [-0.2, -0.15) is 18.3 Å². The molecular formula is C32H24ClF3N4O3. The van der Waals surface area contributed by atoms with Crippen molar-refractivity contribution in [3.63, 3.8) is 0 Å². The summed E-state index contributed by atoms with van der Waals surface area (Å²) in [5.41, 5.74) is 4.72. The molecule has 0 aliphatic rings. The minimum atomic E-state index is -4.61. The molecular weight excluding hydrogens is 581 g/mol. The van der Waals surface area contributed by atoms with Crippen LogP contribution >= 0.6 is 11.6 Å². The molecule has 5 rings (SSSR count). The minimum Gasteiger partial charge on any atom is -0.422 e. The lowest BCUT2D eigenvalue weighted by atomic mass is 10.0. The first-order valence-electron chi connectivity index (χ1n) is 12.9. The maximum absolute atomic E-state index is 13.4. The molecule has 0 aliphatic carbocycles. The Bertz CT molecular complexity index is 1860. The number of carbonyl (C=O) groups is 2. The fourth-order valence-corrected chi connectivity index (χ4v) is 4.68. The number of halogens is 4. The third-order valence-corrected chi connectivity index (χ3v) is 6.92. The first kappa shape index (κ1) is 29.4.